The fraction of sp³-hybridized carbons (Fsp3) is 0.632. The van der Waals surface area contributed by atoms with Gasteiger partial charge in [-0.25, -0.2) is 0 Å². The number of amides is 1. The summed E-state index contributed by atoms with van der Waals surface area (Å²) in [6, 6.07) is 6.91. The summed E-state index contributed by atoms with van der Waals surface area (Å²) in [7, 11) is 0. The average molecular weight is 316 g/mol. The van der Waals surface area contributed by atoms with Crippen molar-refractivity contribution in [3.8, 4) is 5.75 Å². The van der Waals surface area contributed by atoms with Gasteiger partial charge in [-0.2, -0.15) is 0 Å². The monoisotopic (exact) mass is 316 g/mol. The van der Waals surface area contributed by atoms with Gasteiger partial charge in [0.1, 0.15) is 11.4 Å². The van der Waals surface area contributed by atoms with Crippen LogP contribution in [-0.4, -0.2) is 35.5 Å². The Morgan fingerprint density at radius 2 is 2.22 bits per heavy atom. The number of piperidine rings is 1. The predicted molar refractivity (Wildman–Crippen MR) is 91.5 cm³/mol. The van der Waals surface area contributed by atoms with Crippen LogP contribution < -0.4 is 10.1 Å². The lowest BCUT2D eigenvalue weighted by atomic mass is 9.93. The molecule has 1 aromatic rings. The first-order valence-electron chi connectivity index (χ1n) is 8.64. The van der Waals surface area contributed by atoms with Gasteiger partial charge < -0.3 is 15.0 Å². The number of carbonyl (C=O) groups is 1. The molecule has 1 aromatic carbocycles. The summed E-state index contributed by atoms with van der Waals surface area (Å²) in [5.74, 6) is 1.73. The molecular weight excluding hydrogens is 288 g/mol. The van der Waals surface area contributed by atoms with Gasteiger partial charge in [0.25, 0.3) is 0 Å². The largest absolute Gasteiger partial charge is 0.487 e. The Kier molecular flexibility index (Phi) is 4.37. The number of benzene rings is 1. The van der Waals surface area contributed by atoms with Gasteiger partial charge in [0.05, 0.1) is 0 Å². The van der Waals surface area contributed by atoms with Crippen molar-refractivity contribution in [1.82, 2.24) is 10.2 Å². The van der Waals surface area contributed by atoms with E-state index in [2.05, 4.69) is 44.3 Å². The molecule has 0 aromatic heterocycles. The van der Waals surface area contributed by atoms with Crippen molar-refractivity contribution in [2.24, 2.45) is 5.92 Å². The quantitative estimate of drug-likeness (QED) is 0.932. The van der Waals surface area contributed by atoms with Crippen LogP contribution in [0.25, 0.3) is 0 Å². The van der Waals surface area contributed by atoms with Crippen molar-refractivity contribution in [2.75, 3.05) is 13.1 Å². The minimum Gasteiger partial charge on any atom is -0.487 e. The molecule has 23 heavy (non-hydrogen) atoms. The Labute approximate surface area is 139 Å². The van der Waals surface area contributed by atoms with E-state index in [9.17, 15) is 4.79 Å². The molecule has 3 rings (SSSR count). The molecule has 4 nitrogen and oxygen atoms in total. The van der Waals surface area contributed by atoms with Crippen LogP contribution in [-0.2, 0) is 17.8 Å². The minimum atomic E-state index is -0.0987. The van der Waals surface area contributed by atoms with Crippen molar-refractivity contribution in [1.29, 1.82) is 0 Å². The van der Waals surface area contributed by atoms with Crippen molar-refractivity contribution in [2.45, 2.75) is 58.7 Å². The lowest BCUT2D eigenvalue weighted by Crippen LogP contribution is -2.49. The van der Waals surface area contributed by atoms with Crippen LogP contribution >= 0.6 is 0 Å². The summed E-state index contributed by atoms with van der Waals surface area (Å²) in [4.78, 5) is 13.5. The second-order valence-corrected chi connectivity index (χ2v) is 7.66. The summed E-state index contributed by atoms with van der Waals surface area (Å²) in [5, 5.41) is 3.69. The average Bonchev–Trinajstić information content (AvgIpc) is 2.80. The summed E-state index contributed by atoms with van der Waals surface area (Å²) in [5.41, 5.74) is 2.46. The van der Waals surface area contributed by atoms with Gasteiger partial charge in [0, 0.05) is 44.6 Å². The van der Waals surface area contributed by atoms with Crippen LogP contribution in [0.4, 0.5) is 0 Å². The summed E-state index contributed by atoms with van der Waals surface area (Å²) in [6.45, 7) is 10.7. The molecule has 2 aliphatic rings. The van der Waals surface area contributed by atoms with E-state index in [4.69, 9.17) is 4.74 Å². The highest BCUT2D eigenvalue weighted by atomic mass is 16.5. The molecular formula is C19H28N2O2. The van der Waals surface area contributed by atoms with E-state index in [-0.39, 0.29) is 11.5 Å². The number of hydrogen-bond donors (Lipinski definition) is 1. The number of nitrogens with zero attached hydrogens (tertiary/aromatic N) is 1. The molecule has 0 saturated carbocycles. The minimum absolute atomic E-state index is 0.0987. The highest BCUT2D eigenvalue weighted by Crippen LogP contribution is 2.37. The fourth-order valence-corrected chi connectivity index (χ4v) is 3.79. The number of rotatable bonds is 3. The third kappa shape index (κ3) is 3.52. The molecule has 1 saturated heterocycles. The SMILES string of the molecule is CC(=O)N1CC[C@H](NCc2cccc3c2OC(C)(C)C3)[C@@H](C)C1. The van der Waals surface area contributed by atoms with Gasteiger partial charge in [-0.15, -0.1) is 0 Å². The van der Waals surface area contributed by atoms with Crippen LogP contribution in [0.5, 0.6) is 5.75 Å². The highest BCUT2D eigenvalue weighted by Gasteiger charge is 2.32. The molecule has 0 bridgehead atoms. The van der Waals surface area contributed by atoms with E-state index < -0.39 is 0 Å². The molecule has 0 spiro atoms. The highest BCUT2D eigenvalue weighted by molar-refractivity contribution is 5.73. The summed E-state index contributed by atoms with van der Waals surface area (Å²) >= 11 is 0. The van der Waals surface area contributed by atoms with Crippen molar-refractivity contribution >= 4 is 5.91 Å². The Bertz CT molecular complexity index is 597. The van der Waals surface area contributed by atoms with Crippen molar-refractivity contribution in [3.63, 3.8) is 0 Å². The number of ether oxygens (including phenoxy) is 1. The summed E-state index contributed by atoms with van der Waals surface area (Å²) in [6.07, 6.45) is 1.99. The third-order valence-corrected chi connectivity index (χ3v) is 5.08. The fourth-order valence-electron chi connectivity index (χ4n) is 3.79. The van der Waals surface area contributed by atoms with Gasteiger partial charge in [0.2, 0.25) is 5.91 Å². The predicted octanol–water partition coefficient (Wildman–Crippen LogP) is 2.75. The van der Waals surface area contributed by atoms with Crippen LogP contribution in [0.1, 0.15) is 45.2 Å². The normalized spacial score (nSPS) is 25.8. The van der Waals surface area contributed by atoms with E-state index in [1.165, 1.54) is 11.1 Å². The van der Waals surface area contributed by atoms with Crippen LogP contribution in [0.15, 0.2) is 18.2 Å². The number of carbonyl (C=O) groups excluding carboxylic acids is 1. The van der Waals surface area contributed by atoms with E-state index >= 15 is 0 Å². The lowest BCUT2D eigenvalue weighted by Gasteiger charge is -2.37. The number of nitrogens with one attached hydrogen (secondary N) is 1. The van der Waals surface area contributed by atoms with E-state index in [0.717, 1.165) is 38.2 Å². The number of hydrogen-bond acceptors (Lipinski definition) is 3. The molecule has 1 N–H and O–H groups in total. The molecule has 0 aliphatic carbocycles. The molecule has 1 amide bonds. The second kappa shape index (κ2) is 6.16. The van der Waals surface area contributed by atoms with E-state index in [1.807, 2.05) is 4.90 Å². The lowest BCUT2D eigenvalue weighted by molar-refractivity contribution is -0.130. The van der Waals surface area contributed by atoms with E-state index in [0.29, 0.717) is 12.0 Å². The first-order chi connectivity index (χ1) is 10.9. The molecule has 2 atom stereocenters. The van der Waals surface area contributed by atoms with Gasteiger partial charge in [-0.05, 0) is 31.7 Å². The maximum Gasteiger partial charge on any atom is 0.219 e. The topological polar surface area (TPSA) is 41.6 Å². The summed E-state index contributed by atoms with van der Waals surface area (Å²) < 4.78 is 6.15. The molecule has 126 valence electrons. The molecule has 0 radical (unpaired) electrons. The van der Waals surface area contributed by atoms with Crippen LogP contribution in [0.3, 0.4) is 0 Å². The first-order valence-corrected chi connectivity index (χ1v) is 8.64. The van der Waals surface area contributed by atoms with Crippen LogP contribution in [0, 0.1) is 5.92 Å². The van der Waals surface area contributed by atoms with Gasteiger partial charge >= 0.3 is 0 Å². The van der Waals surface area contributed by atoms with Crippen molar-refractivity contribution < 1.29 is 9.53 Å². The maximum atomic E-state index is 11.5. The van der Waals surface area contributed by atoms with Gasteiger partial charge in [-0.1, -0.05) is 25.1 Å². The smallest absolute Gasteiger partial charge is 0.219 e. The Balaban J connectivity index is 1.62. The standard InChI is InChI=1S/C19H28N2O2/c1-13-12-21(14(2)22)9-8-17(13)20-11-16-7-5-6-15-10-19(3,4)23-18(15)16/h5-7,13,17,20H,8-12H2,1-4H3/t13-,17-/m0/s1. The molecule has 4 heteroatoms. The Morgan fingerprint density at radius 3 is 2.91 bits per heavy atom. The zero-order valence-electron chi connectivity index (χ0n) is 14.7. The number of fused-ring (bicyclic) bond motifs is 1. The van der Waals surface area contributed by atoms with Crippen LogP contribution in [0.2, 0.25) is 0 Å². The Morgan fingerprint density at radius 1 is 1.43 bits per heavy atom. The second-order valence-electron chi connectivity index (χ2n) is 7.66. The third-order valence-electron chi connectivity index (χ3n) is 5.08. The zero-order chi connectivity index (χ0) is 16.6. The Hall–Kier alpha value is -1.55. The molecule has 0 unspecified atom stereocenters. The zero-order valence-corrected chi connectivity index (χ0v) is 14.7. The molecule has 1 fully saturated rings. The molecule has 2 heterocycles. The van der Waals surface area contributed by atoms with Crippen molar-refractivity contribution in [3.05, 3.63) is 29.3 Å². The number of para-hydroxylation sites is 1. The van der Waals surface area contributed by atoms with Gasteiger partial charge in [-0.3, -0.25) is 4.79 Å². The maximum absolute atomic E-state index is 11.5. The molecule has 2 aliphatic heterocycles. The van der Waals surface area contributed by atoms with Gasteiger partial charge in [0.15, 0.2) is 0 Å². The first kappa shape index (κ1) is 16.3. The van der Waals surface area contributed by atoms with E-state index in [1.54, 1.807) is 6.92 Å². The number of likely N-dealkylation sites (tertiary alicyclic amines) is 1.